The zero-order valence-corrected chi connectivity index (χ0v) is 18.7. The number of benzene rings is 1. The number of halogens is 2. The number of piperidine rings is 1. The normalized spacial score (nSPS) is 19.9. The van der Waals surface area contributed by atoms with Gasteiger partial charge in [0.2, 0.25) is 11.8 Å². The molecule has 1 aliphatic carbocycles. The maximum absolute atomic E-state index is 14.2. The lowest BCUT2D eigenvalue weighted by Gasteiger charge is -2.25. The van der Waals surface area contributed by atoms with Crippen molar-refractivity contribution in [2.24, 2.45) is 11.8 Å². The molecule has 4 rings (SSSR count). The summed E-state index contributed by atoms with van der Waals surface area (Å²) in [6.07, 6.45) is 4.11. The maximum atomic E-state index is 14.2. The molecule has 3 amide bonds. The number of carbonyl (C=O) groups excluding carboxylic acids is 3. The Labute approximate surface area is 195 Å². The van der Waals surface area contributed by atoms with Gasteiger partial charge in [0, 0.05) is 17.8 Å². The van der Waals surface area contributed by atoms with Gasteiger partial charge in [0.05, 0.1) is 16.6 Å². The summed E-state index contributed by atoms with van der Waals surface area (Å²) >= 11 is 5.81. The van der Waals surface area contributed by atoms with Crippen LogP contribution in [0.1, 0.15) is 49.0 Å². The standard InChI is InChI=1S/C23H25ClFN5O3/c24-16-6-5-13-10-18(29-20(13)19(16)25)23(33)30-17(8-12-3-4-12)22(32)28-15(11-26)9-14-2-1-7-27-21(14)31/h5-6,10,12,14-15,17,29H,1-4,7-9H2,(H,27,31)(H,28,32)(H,30,33)/t14-,15-,17-/m0/s1. The molecule has 1 aromatic carbocycles. The van der Waals surface area contributed by atoms with Gasteiger partial charge in [0.15, 0.2) is 5.82 Å². The number of carbonyl (C=O) groups is 3. The Morgan fingerprint density at radius 3 is 2.73 bits per heavy atom. The molecule has 1 aliphatic heterocycles. The summed E-state index contributed by atoms with van der Waals surface area (Å²) < 4.78 is 14.2. The van der Waals surface area contributed by atoms with Gasteiger partial charge in [-0.2, -0.15) is 5.26 Å². The van der Waals surface area contributed by atoms with E-state index >= 15 is 0 Å². The van der Waals surface area contributed by atoms with Crippen molar-refractivity contribution in [1.82, 2.24) is 20.9 Å². The molecule has 2 heterocycles. The third-order valence-electron chi connectivity index (χ3n) is 6.21. The molecule has 2 aliphatic rings. The van der Waals surface area contributed by atoms with Crippen molar-refractivity contribution in [1.29, 1.82) is 5.26 Å². The third kappa shape index (κ3) is 5.45. The lowest BCUT2D eigenvalue weighted by molar-refractivity contribution is -0.128. The van der Waals surface area contributed by atoms with Crippen LogP contribution in [0.15, 0.2) is 18.2 Å². The topological polar surface area (TPSA) is 127 Å². The molecule has 2 fully saturated rings. The zero-order chi connectivity index (χ0) is 23.5. The Morgan fingerprint density at radius 1 is 1.24 bits per heavy atom. The van der Waals surface area contributed by atoms with Gasteiger partial charge in [-0.05, 0) is 43.7 Å². The summed E-state index contributed by atoms with van der Waals surface area (Å²) in [5.41, 5.74) is 0.224. The first-order chi connectivity index (χ1) is 15.9. The lowest BCUT2D eigenvalue weighted by Crippen LogP contribution is -2.50. The van der Waals surface area contributed by atoms with Gasteiger partial charge >= 0.3 is 0 Å². The predicted octanol–water partition coefficient (Wildman–Crippen LogP) is 2.78. The van der Waals surface area contributed by atoms with Gasteiger partial charge in [-0.15, -0.1) is 0 Å². The van der Waals surface area contributed by atoms with E-state index in [-0.39, 0.29) is 34.5 Å². The number of hydrogen-bond donors (Lipinski definition) is 4. The minimum absolute atomic E-state index is 0.0588. The van der Waals surface area contributed by atoms with E-state index in [4.69, 9.17) is 11.6 Å². The van der Waals surface area contributed by atoms with E-state index in [1.807, 2.05) is 0 Å². The molecule has 33 heavy (non-hydrogen) atoms. The van der Waals surface area contributed by atoms with Crippen LogP contribution in [0.25, 0.3) is 10.9 Å². The average molecular weight is 474 g/mol. The molecule has 0 bridgehead atoms. The van der Waals surface area contributed by atoms with Crippen LogP contribution in [0.5, 0.6) is 0 Å². The SMILES string of the molecule is N#C[C@H](C[C@@H]1CCCNC1=O)NC(=O)[C@H](CC1CC1)NC(=O)c1cc2ccc(Cl)c(F)c2[nH]1. The fraction of sp³-hybridized carbons (Fsp3) is 0.478. The first-order valence-electron chi connectivity index (χ1n) is 11.1. The first kappa shape index (κ1) is 23.1. The molecule has 8 nitrogen and oxygen atoms in total. The van der Waals surface area contributed by atoms with Crippen LogP contribution in [0.2, 0.25) is 5.02 Å². The van der Waals surface area contributed by atoms with Crippen molar-refractivity contribution >= 4 is 40.2 Å². The summed E-state index contributed by atoms with van der Waals surface area (Å²) in [6.45, 7) is 0.623. The van der Waals surface area contributed by atoms with Crippen LogP contribution in [0.4, 0.5) is 4.39 Å². The highest BCUT2D eigenvalue weighted by atomic mass is 35.5. The molecule has 2 aromatic rings. The van der Waals surface area contributed by atoms with Crippen molar-refractivity contribution in [3.05, 3.63) is 34.7 Å². The molecule has 174 valence electrons. The molecule has 1 saturated heterocycles. The predicted molar refractivity (Wildman–Crippen MR) is 120 cm³/mol. The van der Waals surface area contributed by atoms with E-state index in [2.05, 4.69) is 27.0 Å². The van der Waals surface area contributed by atoms with Crippen molar-refractivity contribution < 1.29 is 18.8 Å². The molecular formula is C23H25ClFN5O3. The molecule has 0 radical (unpaired) electrons. The lowest BCUT2D eigenvalue weighted by atomic mass is 9.92. The number of amides is 3. The number of nitrogens with one attached hydrogen (secondary N) is 4. The number of rotatable bonds is 8. The number of nitrogens with zero attached hydrogens (tertiary/aromatic N) is 1. The highest BCUT2D eigenvalue weighted by Gasteiger charge is 2.33. The van der Waals surface area contributed by atoms with Crippen LogP contribution in [0, 0.1) is 29.0 Å². The fourth-order valence-corrected chi connectivity index (χ4v) is 4.33. The van der Waals surface area contributed by atoms with E-state index in [1.165, 1.54) is 12.1 Å². The van der Waals surface area contributed by atoms with Crippen molar-refractivity contribution in [3.8, 4) is 6.07 Å². The van der Waals surface area contributed by atoms with Crippen molar-refractivity contribution in [3.63, 3.8) is 0 Å². The minimum atomic E-state index is -0.846. The van der Waals surface area contributed by atoms with Crippen LogP contribution in [-0.4, -0.2) is 41.3 Å². The molecule has 1 saturated carbocycles. The Balaban J connectivity index is 1.44. The number of H-pyrrole nitrogens is 1. The van der Waals surface area contributed by atoms with Gasteiger partial charge in [-0.1, -0.05) is 30.5 Å². The quantitative estimate of drug-likeness (QED) is 0.470. The molecule has 4 N–H and O–H groups in total. The number of nitriles is 1. The second kappa shape index (κ2) is 9.79. The van der Waals surface area contributed by atoms with Crippen molar-refractivity contribution in [2.75, 3.05) is 6.54 Å². The summed E-state index contributed by atoms with van der Waals surface area (Å²) in [4.78, 5) is 40.6. The van der Waals surface area contributed by atoms with Crippen LogP contribution < -0.4 is 16.0 Å². The molecule has 0 spiro atoms. The van der Waals surface area contributed by atoms with Crippen LogP contribution in [0.3, 0.4) is 0 Å². The number of aromatic nitrogens is 1. The summed E-state index contributed by atoms with van der Waals surface area (Å²) in [5, 5.41) is 18.1. The van der Waals surface area contributed by atoms with Crippen molar-refractivity contribution in [2.45, 2.75) is 50.6 Å². The highest BCUT2D eigenvalue weighted by molar-refractivity contribution is 6.31. The maximum Gasteiger partial charge on any atom is 0.268 e. The fourth-order valence-electron chi connectivity index (χ4n) is 4.18. The first-order valence-corrected chi connectivity index (χ1v) is 11.5. The molecule has 10 heteroatoms. The number of hydrogen-bond acceptors (Lipinski definition) is 4. The Kier molecular flexibility index (Phi) is 6.84. The van der Waals surface area contributed by atoms with E-state index in [0.29, 0.717) is 30.7 Å². The van der Waals surface area contributed by atoms with E-state index in [9.17, 15) is 24.0 Å². The number of aromatic amines is 1. The molecule has 0 unspecified atom stereocenters. The van der Waals surface area contributed by atoms with Gasteiger partial charge in [-0.3, -0.25) is 14.4 Å². The largest absolute Gasteiger partial charge is 0.356 e. The van der Waals surface area contributed by atoms with Gasteiger partial charge in [0.25, 0.3) is 5.91 Å². The zero-order valence-electron chi connectivity index (χ0n) is 17.9. The molecular weight excluding hydrogens is 449 g/mol. The van der Waals surface area contributed by atoms with Gasteiger partial charge in [0.1, 0.15) is 17.8 Å². The minimum Gasteiger partial charge on any atom is -0.356 e. The summed E-state index contributed by atoms with van der Waals surface area (Å²) in [7, 11) is 0. The Hall–Kier alpha value is -3.12. The van der Waals surface area contributed by atoms with E-state index in [0.717, 1.165) is 19.3 Å². The second-order valence-electron chi connectivity index (χ2n) is 8.77. The Morgan fingerprint density at radius 2 is 2.03 bits per heavy atom. The van der Waals surface area contributed by atoms with Gasteiger partial charge in [-0.25, -0.2) is 4.39 Å². The summed E-state index contributed by atoms with van der Waals surface area (Å²) in [5.74, 6) is -1.78. The number of fused-ring (bicyclic) bond motifs is 1. The Bertz CT molecular complexity index is 1120. The van der Waals surface area contributed by atoms with E-state index < -0.39 is 29.7 Å². The van der Waals surface area contributed by atoms with Gasteiger partial charge < -0.3 is 20.9 Å². The molecule has 3 atom stereocenters. The van der Waals surface area contributed by atoms with E-state index in [1.54, 1.807) is 6.07 Å². The molecule has 1 aromatic heterocycles. The smallest absolute Gasteiger partial charge is 0.268 e. The monoisotopic (exact) mass is 473 g/mol. The average Bonchev–Trinajstić information content (AvgIpc) is 3.51. The van der Waals surface area contributed by atoms with Crippen LogP contribution in [-0.2, 0) is 9.59 Å². The highest BCUT2D eigenvalue weighted by Crippen LogP contribution is 2.34. The summed E-state index contributed by atoms with van der Waals surface area (Å²) in [6, 6.07) is 4.87. The van der Waals surface area contributed by atoms with Crippen LogP contribution >= 0.6 is 11.6 Å². The second-order valence-corrected chi connectivity index (χ2v) is 9.18. The third-order valence-corrected chi connectivity index (χ3v) is 6.50.